The summed E-state index contributed by atoms with van der Waals surface area (Å²) in [6.45, 7) is 0. The van der Waals surface area contributed by atoms with E-state index in [0.717, 1.165) is 17.1 Å². The third kappa shape index (κ3) is 4.69. The molecule has 1 unspecified atom stereocenters. The molecule has 0 bridgehead atoms. The molecule has 7 aromatic rings. The number of hydrogen-bond acceptors (Lipinski definition) is 1. The summed E-state index contributed by atoms with van der Waals surface area (Å²) < 4.78 is 0. The van der Waals surface area contributed by atoms with Gasteiger partial charge in [-0.25, -0.2) is 0 Å². The summed E-state index contributed by atoms with van der Waals surface area (Å²) in [5, 5.41) is 0. The van der Waals surface area contributed by atoms with Gasteiger partial charge in [-0.15, -0.1) is 0 Å². The maximum Gasteiger partial charge on any atom is 0.0462 e. The fraction of sp³-hybridized carbons (Fsp3) is 0.0233. The van der Waals surface area contributed by atoms with Crippen LogP contribution >= 0.6 is 0 Å². The molecule has 0 N–H and O–H groups in total. The largest absolute Gasteiger partial charge is 0.311 e. The highest BCUT2D eigenvalue weighted by Crippen LogP contribution is 2.49. The predicted molar refractivity (Wildman–Crippen MR) is 185 cm³/mol. The van der Waals surface area contributed by atoms with Crippen LogP contribution < -0.4 is 4.90 Å². The molecule has 8 rings (SSSR count). The van der Waals surface area contributed by atoms with Crippen molar-refractivity contribution >= 4 is 17.1 Å². The van der Waals surface area contributed by atoms with Gasteiger partial charge in [0.15, 0.2) is 0 Å². The quantitative estimate of drug-likeness (QED) is 0.195. The van der Waals surface area contributed by atoms with E-state index in [9.17, 15) is 0 Å². The smallest absolute Gasteiger partial charge is 0.0462 e. The first kappa shape index (κ1) is 26.0. The van der Waals surface area contributed by atoms with Gasteiger partial charge >= 0.3 is 0 Å². The first-order valence-electron chi connectivity index (χ1n) is 15.2. The zero-order valence-corrected chi connectivity index (χ0v) is 24.3. The van der Waals surface area contributed by atoms with E-state index in [1.54, 1.807) is 0 Å². The molecule has 44 heavy (non-hydrogen) atoms. The number of benzene rings is 7. The molecule has 0 amide bonds. The summed E-state index contributed by atoms with van der Waals surface area (Å²) >= 11 is 0. The fourth-order valence-electron chi connectivity index (χ4n) is 6.65. The van der Waals surface area contributed by atoms with Crippen LogP contribution in [0.5, 0.6) is 0 Å². The monoisotopic (exact) mass is 561 g/mol. The Balaban J connectivity index is 1.15. The van der Waals surface area contributed by atoms with E-state index in [2.05, 4.69) is 187 Å². The Morgan fingerprint density at radius 2 is 0.773 bits per heavy atom. The predicted octanol–water partition coefficient (Wildman–Crippen LogP) is 11.7. The summed E-state index contributed by atoms with van der Waals surface area (Å²) in [4.78, 5) is 2.32. The van der Waals surface area contributed by atoms with E-state index < -0.39 is 0 Å². The zero-order valence-electron chi connectivity index (χ0n) is 24.3. The normalized spacial score (nSPS) is 13.2. The number of nitrogens with zero attached hydrogens (tertiary/aromatic N) is 1. The van der Waals surface area contributed by atoms with Crippen molar-refractivity contribution in [1.29, 1.82) is 0 Å². The minimum absolute atomic E-state index is 0.270. The average molecular weight is 562 g/mol. The highest BCUT2D eigenvalue weighted by Gasteiger charge is 2.29. The third-order valence-corrected chi connectivity index (χ3v) is 8.77. The summed E-state index contributed by atoms with van der Waals surface area (Å²) in [7, 11) is 0. The van der Waals surface area contributed by atoms with Crippen molar-refractivity contribution in [3.05, 3.63) is 199 Å². The van der Waals surface area contributed by atoms with E-state index >= 15 is 0 Å². The molecule has 0 aromatic heterocycles. The second-order valence-corrected chi connectivity index (χ2v) is 11.4. The lowest BCUT2D eigenvalue weighted by Gasteiger charge is -2.26. The Bertz CT molecular complexity index is 2030. The van der Waals surface area contributed by atoms with Crippen molar-refractivity contribution in [1.82, 2.24) is 0 Å². The van der Waals surface area contributed by atoms with Crippen LogP contribution in [0, 0.1) is 0 Å². The molecule has 0 aliphatic heterocycles. The van der Waals surface area contributed by atoms with Gasteiger partial charge in [-0.1, -0.05) is 140 Å². The number of rotatable bonds is 6. The molecule has 0 spiro atoms. The lowest BCUT2D eigenvalue weighted by Crippen LogP contribution is -2.09. The SMILES string of the molecule is c1ccc(-c2ccc(N(c3ccccc3)c3ccc(-c4ccc5c(c4)-c4ccccc4C5c4ccccc4)cc3)cc2)cc1. The van der Waals surface area contributed by atoms with E-state index in [4.69, 9.17) is 0 Å². The van der Waals surface area contributed by atoms with Crippen LogP contribution in [-0.2, 0) is 0 Å². The molecule has 1 nitrogen and oxygen atoms in total. The van der Waals surface area contributed by atoms with Crippen molar-refractivity contribution < 1.29 is 0 Å². The summed E-state index contributed by atoms with van der Waals surface area (Å²) in [5.41, 5.74) is 15.1. The molecule has 0 saturated carbocycles. The minimum atomic E-state index is 0.270. The van der Waals surface area contributed by atoms with E-state index in [1.807, 2.05) is 0 Å². The topological polar surface area (TPSA) is 3.24 Å². The Labute approximate surface area is 259 Å². The molecule has 0 fully saturated rings. The Morgan fingerprint density at radius 3 is 1.43 bits per heavy atom. The van der Waals surface area contributed by atoms with Crippen molar-refractivity contribution in [3.8, 4) is 33.4 Å². The summed E-state index contributed by atoms with van der Waals surface area (Å²) in [5.74, 6) is 0.270. The molecule has 1 aliphatic rings. The van der Waals surface area contributed by atoms with Gasteiger partial charge in [0.25, 0.3) is 0 Å². The third-order valence-electron chi connectivity index (χ3n) is 8.77. The number of hydrogen-bond donors (Lipinski definition) is 0. The van der Waals surface area contributed by atoms with Crippen LogP contribution in [0.15, 0.2) is 182 Å². The maximum absolute atomic E-state index is 2.38. The molecule has 1 heteroatoms. The highest BCUT2D eigenvalue weighted by molar-refractivity contribution is 5.85. The highest BCUT2D eigenvalue weighted by atomic mass is 15.1. The van der Waals surface area contributed by atoms with Gasteiger partial charge in [-0.2, -0.15) is 0 Å². The van der Waals surface area contributed by atoms with Crippen molar-refractivity contribution in [2.45, 2.75) is 5.92 Å². The molecular formula is C43H31N. The van der Waals surface area contributed by atoms with Crippen LogP contribution in [0.4, 0.5) is 17.1 Å². The van der Waals surface area contributed by atoms with Gasteiger partial charge in [-0.3, -0.25) is 0 Å². The van der Waals surface area contributed by atoms with Gasteiger partial charge in [-0.05, 0) is 92.5 Å². The average Bonchev–Trinajstić information content (AvgIpc) is 3.44. The number of fused-ring (bicyclic) bond motifs is 3. The molecule has 7 aromatic carbocycles. The van der Waals surface area contributed by atoms with Gasteiger partial charge in [0.1, 0.15) is 0 Å². The molecule has 0 saturated heterocycles. The van der Waals surface area contributed by atoms with Crippen molar-refractivity contribution in [2.75, 3.05) is 4.90 Å². The number of para-hydroxylation sites is 1. The summed E-state index contributed by atoms with van der Waals surface area (Å²) in [6.07, 6.45) is 0. The van der Waals surface area contributed by atoms with Gasteiger partial charge in [0.2, 0.25) is 0 Å². The Hall–Kier alpha value is -5.66. The maximum atomic E-state index is 2.38. The van der Waals surface area contributed by atoms with Crippen LogP contribution in [0.1, 0.15) is 22.6 Å². The molecule has 0 heterocycles. The Morgan fingerprint density at radius 1 is 0.318 bits per heavy atom. The lowest BCUT2D eigenvalue weighted by molar-refractivity contribution is 1.02. The van der Waals surface area contributed by atoms with Crippen LogP contribution in [0.3, 0.4) is 0 Å². The second-order valence-electron chi connectivity index (χ2n) is 11.4. The minimum Gasteiger partial charge on any atom is -0.311 e. The molecule has 1 aliphatic carbocycles. The fourth-order valence-corrected chi connectivity index (χ4v) is 6.65. The molecule has 208 valence electrons. The summed E-state index contributed by atoms with van der Waals surface area (Å²) in [6, 6.07) is 65.7. The van der Waals surface area contributed by atoms with Crippen molar-refractivity contribution in [2.24, 2.45) is 0 Å². The van der Waals surface area contributed by atoms with Crippen LogP contribution in [0.2, 0.25) is 0 Å². The van der Waals surface area contributed by atoms with Gasteiger partial charge in [0.05, 0.1) is 0 Å². The Kier molecular flexibility index (Phi) is 6.62. The standard InChI is InChI=1S/C43H31N/c1-4-12-31(13-5-1)32-20-25-37(26-21-32)44(36-16-8-3-9-17-36)38-27-22-33(23-28-38)35-24-29-41-42(30-35)39-18-10-11-19-40(39)43(41)34-14-6-2-7-15-34/h1-30,43H. The van der Waals surface area contributed by atoms with Crippen LogP contribution in [0.25, 0.3) is 33.4 Å². The van der Waals surface area contributed by atoms with Gasteiger partial charge < -0.3 is 4.90 Å². The molecular weight excluding hydrogens is 530 g/mol. The van der Waals surface area contributed by atoms with Gasteiger partial charge in [0, 0.05) is 23.0 Å². The van der Waals surface area contributed by atoms with E-state index in [1.165, 1.54) is 50.1 Å². The zero-order chi connectivity index (χ0) is 29.3. The van der Waals surface area contributed by atoms with E-state index in [-0.39, 0.29) is 5.92 Å². The molecule has 1 atom stereocenters. The van der Waals surface area contributed by atoms with Crippen molar-refractivity contribution in [3.63, 3.8) is 0 Å². The lowest BCUT2D eigenvalue weighted by atomic mass is 9.89. The first-order chi connectivity index (χ1) is 21.8. The first-order valence-corrected chi connectivity index (χ1v) is 15.2. The number of anilines is 3. The molecule has 0 radical (unpaired) electrons. The second kappa shape index (κ2) is 11.2. The van der Waals surface area contributed by atoms with E-state index in [0.29, 0.717) is 0 Å². The van der Waals surface area contributed by atoms with Crippen LogP contribution in [-0.4, -0.2) is 0 Å².